The molecule has 1 aromatic carbocycles. The Bertz CT molecular complexity index is 853. The first-order valence-electron chi connectivity index (χ1n) is 9.38. The summed E-state index contributed by atoms with van der Waals surface area (Å²) in [5.41, 5.74) is 2.66. The largest absolute Gasteiger partial charge is 0.467 e. The maximum absolute atomic E-state index is 13.2. The smallest absolute Gasteiger partial charge is 0.328 e. The summed E-state index contributed by atoms with van der Waals surface area (Å²) in [5.74, 6) is -0.494. The van der Waals surface area contributed by atoms with Crippen molar-refractivity contribution in [3.8, 4) is 0 Å². The highest BCUT2D eigenvalue weighted by atomic mass is 35.5. The van der Waals surface area contributed by atoms with Crippen molar-refractivity contribution in [3.05, 3.63) is 52.6 Å². The van der Waals surface area contributed by atoms with E-state index in [9.17, 15) is 9.59 Å². The summed E-state index contributed by atoms with van der Waals surface area (Å²) < 4.78 is 4.89. The first kappa shape index (κ1) is 20.2. The Morgan fingerprint density at radius 1 is 1.46 bits per heavy atom. The molecule has 2 N–H and O–H groups in total. The number of ether oxygens (including phenoxy) is 1. The molecule has 0 fully saturated rings. The van der Waals surface area contributed by atoms with Gasteiger partial charge in [-0.15, -0.1) is 0 Å². The van der Waals surface area contributed by atoms with Gasteiger partial charge in [0.05, 0.1) is 19.1 Å². The minimum absolute atomic E-state index is 0.0493. The molecule has 3 rings (SSSR count). The lowest BCUT2D eigenvalue weighted by Gasteiger charge is -2.36. The van der Waals surface area contributed by atoms with Crippen molar-refractivity contribution in [3.63, 3.8) is 0 Å². The topological polar surface area (TPSA) is 87.3 Å². The number of aromatic amines is 1. The van der Waals surface area contributed by atoms with E-state index in [-0.39, 0.29) is 18.0 Å². The van der Waals surface area contributed by atoms with Crippen molar-refractivity contribution >= 4 is 23.6 Å². The van der Waals surface area contributed by atoms with Gasteiger partial charge in [-0.1, -0.05) is 44.0 Å². The average Bonchev–Trinajstić information content (AvgIpc) is 3.18. The summed E-state index contributed by atoms with van der Waals surface area (Å²) >= 11 is 6.19. The minimum atomic E-state index is -0.705. The number of fused-ring (bicyclic) bond motifs is 1. The van der Waals surface area contributed by atoms with Gasteiger partial charge in [0.15, 0.2) is 0 Å². The summed E-state index contributed by atoms with van der Waals surface area (Å²) in [5, 5.41) is 3.46. The van der Waals surface area contributed by atoms with Crippen molar-refractivity contribution in [2.45, 2.75) is 38.8 Å². The number of benzene rings is 1. The number of hydrogen-bond donors (Lipinski definition) is 2. The number of halogens is 1. The van der Waals surface area contributed by atoms with E-state index in [0.717, 1.165) is 23.4 Å². The standard InChI is InChI=1S/C20H25ClN4O3/c1-4-12(2)16(19(26)28-3)24-20(27)25-9-8-15-17(23-11-22-15)18(25)13-6-5-7-14(21)10-13/h5-7,10-12,16,18H,4,8-9H2,1-3H3,(H,22,23)(H,24,27)/t12-,16+,18-/m0/s1. The Hall–Kier alpha value is -2.54. The van der Waals surface area contributed by atoms with Crippen LogP contribution in [-0.2, 0) is 16.0 Å². The second-order valence-electron chi connectivity index (χ2n) is 7.00. The summed E-state index contributed by atoms with van der Waals surface area (Å²) in [6.07, 6.45) is 3.04. The van der Waals surface area contributed by atoms with E-state index in [2.05, 4.69) is 15.3 Å². The Morgan fingerprint density at radius 3 is 2.93 bits per heavy atom. The van der Waals surface area contributed by atoms with Crippen LogP contribution in [0, 0.1) is 5.92 Å². The first-order valence-corrected chi connectivity index (χ1v) is 9.76. The lowest BCUT2D eigenvalue weighted by atomic mass is 9.95. The molecule has 0 bridgehead atoms. The van der Waals surface area contributed by atoms with E-state index in [4.69, 9.17) is 16.3 Å². The number of nitrogens with one attached hydrogen (secondary N) is 2. The van der Waals surface area contributed by atoms with Gasteiger partial charge in [-0.05, 0) is 23.6 Å². The number of H-pyrrole nitrogens is 1. The number of carbonyl (C=O) groups excluding carboxylic acids is 2. The zero-order valence-electron chi connectivity index (χ0n) is 16.2. The molecular weight excluding hydrogens is 380 g/mol. The van der Waals surface area contributed by atoms with Gasteiger partial charge in [0.1, 0.15) is 12.1 Å². The molecule has 1 aliphatic rings. The second kappa shape index (κ2) is 8.65. The van der Waals surface area contributed by atoms with Crippen LogP contribution in [0.3, 0.4) is 0 Å². The molecule has 8 heteroatoms. The molecule has 2 amide bonds. The van der Waals surface area contributed by atoms with Crippen LogP contribution >= 0.6 is 11.6 Å². The molecule has 0 saturated heterocycles. The molecule has 0 aliphatic carbocycles. The van der Waals surface area contributed by atoms with E-state index in [1.54, 1.807) is 17.3 Å². The summed E-state index contributed by atoms with van der Waals surface area (Å²) in [6.45, 7) is 4.38. The van der Waals surface area contributed by atoms with E-state index < -0.39 is 12.0 Å². The number of carbonyl (C=O) groups is 2. The lowest BCUT2D eigenvalue weighted by Crippen LogP contribution is -2.53. The predicted octanol–water partition coefficient (Wildman–Crippen LogP) is 3.31. The Labute approximate surface area is 169 Å². The van der Waals surface area contributed by atoms with Crippen LogP contribution in [0.5, 0.6) is 0 Å². The molecule has 0 spiro atoms. The third-order valence-electron chi connectivity index (χ3n) is 5.30. The number of imidazole rings is 1. The van der Waals surface area contributed by atoms with E-state index >= 15 is 0 Å². The highest BCUT2D eigenvalue weighted by Gasteiger charge is 2.36. The second-order valence-corrected chi connectivity index (χ2v) is 7.44. The fourth-order valence-corrected chi connectivity index (χ4v) is 3.72. The molecule has 7 nitrogen and oxygen atoms in total. The first-order chi connectivity index (χ1) is 13.5. The van der Waals surface area contributed by atoms with Gasteiger partial charge in [-0.3, -0.25) is 0 Å². The van der Waals surface area contributed by atoms with Crippen LogP contribution in [0.15, 0.2) is 30.6 Å². The predicted molar refractivity (Wildman–Crippen MR) is 106 cm³/mol. The Kier molecular flexibility index (Phi) is 6.24. The van der Waals surface area contributed by atoms with Crippen LogP contribution in [0.1, 0.15) is 43.3 Å². The number of aromatic nitrogens is 2. The van der Waals surface area contributed by atoms with Crippen LogP contribution < -0.4 is 5.32 Å². The fraction of sp³-hybridized carbons (Fsp3) is 0.450. The van der Waals surface area contributed by atoms with Gasteiger partial charge >= 0.3 is 12.0 Å². The molecule has 1 aromatic heterocycles. The molecule has 0 unspecified atom stereocenters. The molecule has 2 aromatic rings. The van der Waals surface area contributed by atoms with Crippen molar-refractivity contribution in [2.24, 2.45) is 5.92 Å². The van der Waals surface area contributed by atoms with E-state index in [0.29, 0.717) is 18.0 Å². The maximum Gasteiger partial charge on any atom is 0.328 e. The van der Waals surface area contributed by atoms with E-state index in [1.165, 1.54) is 7.11 Å². The van der Waals surface area contributed by atoms with Crippen molar-refractivity contribution in [1.82, 2.24) is 20.2 Å². The number of urea groups is 1. The summed E-state index contributed by atoms with van der Waals surface area (Å²) in [7, 11) is 1.33. The highest BCUT2D eigenvalue weighted by Crippen LogP contribution is 2.34. The number of nitrogens with zero attached hydrogens (tertiary/aromatic N) is 2. The summed E-state index contributed by atoms with van der Waals surface area (Å²) in [6, 6.07) is 5.99. The van der Waals surface area contributed by atoms with E-state index in [1.807, 2.05) is 32.0 Å². The van der Waals surface area contributed by atoms with Crippen LogP contribution in [-0.4, -0.2) is 46.6 Å². The number of amides is 2. The van der Waals surface area contributed by atoms with Gasteiger partial charge in [0, 0.05) is 23.7 Å². The maximum atomic E-state index is 13.2. The molecule has 0 radical (unpaired) electrons. The average molecular weight is 405 g/mol. The van der Waals surface area contributed by atoms with Crippen molar-refractivity contribution in [2.75, 3.05) is 13.7 Å². The van der Waals surface area contributed by atoms with Crippen LogP contribution in [0.25, 0.3) is 0 Å². The normalized spacial score (nSPS) is 18.1. The Morgan fingerprint density at radius 2 is 2.25 bits per heavy atom. The van der Waals surface area contributed by atoms with Crippen molar-refractivity contribution in [1.29, 1.82) is 0 Å². The fourth-order valence-electron chi connectivity index (χ4n) is 3.52. The molecule has 2 heterocycles. The zero-order chi connectivity index (χ0) is 20.3. The molecule has 1 aliphatic heterocycles. The number of hydrogen-bond acceptors (Lipinski definition) is 4. The number of rotatable bonds is 5. The molecule has 150 valence electrons. The lowest BCUT2D eigenvalue weighted by molar-refractivity contribution is -0.144. The Balaban J connectivity index is 1.92. The van der Waals surface area contributed by atoms with Gasteiger partial charge < -0.3 is 19.9 Å². The molecule has 28 heavy (non-hydrogen) atoms. The summed E-state index contributed by atoms with van der Waals surface area (Å²) in [4.78, 5) is 34.7. The number of esters is 1. The third kappa shape index (κ3) is 3.99. The van der Waals surface area contributed by atoms with Crippen LogP contribution in [0.4, 0.5) is 4.79 Å². The van der Waals surface area contributed by atoms with Crippen LogP contribution in [0.2, 0.25) is 5.02 Å². The molecular formula is C20H25ClN4O3. The monoisotopic (exact) mass is 404 g/mol. The zero-order valence-corrected chi connectivity index (χ0v) is 17.0. The van der Waals surface area contributed by atoms with Gasteiger partial charge in [0.2, 0.25) is 0 Å². The SMILES string of the molecule is CC[C@H](C)[C@@H](NC(=O)N1CCc2[nH]cnc2[C@@H]1c1cccc(Cl)c1)C(=O)OC. The number of methoxy groups -OCH3 is 1. The van der Waals surface area contributed by atoms with Gasteiger partial charge in [-0.2, -0.15) is 0 Å². The molecule has 0 saturated carbocycles. The minimum Gasteiger partial charge on any atom is -0.467 e. The van der Waals surface area contributed by atoms with Gasteiger partial charge in [0.25, 0.3) is 0 Å². The quantitative estimate of drug-likeness (QED) is 0.748. The van der Waals surface area contributed by atoms with Crippen molar-refractivity contribution < 1.29 is 14.3 Å². The molecule has 3 atom stereocenters. The third-order valence-corrected chi connectivity index (χ3v) is 5.53. The highest BCUT2D eigenvalue weighted by molar-refractivity contribution is 6.30. The van der Waals surface area contributed by atoms with Gasteiger partial charge in [-0.25, -0.2) is 14.6 Å².